The molecule has 0 aromatic heterocycles. The Morgan fingerprint density at radius 1 is 1.04 bits per heavy atom. The Labute approximate surface area is 144 Å². The lowest BCUT2D eigenvalue weighted by Gasteiger charge is -2.07. The quantitative estimate of drug-likeness (QED) is 0.627. The van der Waals surface area contributed by atoms with Gasteiger partial charge in [-0.3, -0.25) is 0 Å². The highest BCUT2D eigenvalue weighted by atomic mass is 35.5. The standard InChI is InChI=1S/C18H14ClNO4/c1-22-15-8-3-11(10-16(15)23-2)9-14-18(21)24-17(20-14)12-4-6-13(19)7-5-12/h3-10H,1-2H3/b14-9-. The van der Waals surface area contributed by atoms with Crippen LogP contribution in [0.3, 0.4) is 0 Å². The number of esters is 1. The number of hydrogen-bond acceptors (Lipinski definition) is 5. The predicted octanol–water partition coefficient (Wildman–Crippen LogP) is 3.70. The fourth-order valence-corrected chi connectivity index (χ4v) is 2.35. The van der Waals surface area contributed by atoms with E-state index in [1.165, 1.54) is 0 Å². The van der Waals surface area contributed by atoms with Gasteiger partial charge in [0.25, 0.3) is 0 Å². The first-order chi connectivity index (χ1) is 11.6. The van der Waals surface area contributed by atoms with E-state index in [9.17, 15) is 4.79 Å². The summed E-state index contributed by atoms with van der Waals surface area (Å²) in [6, 6.07) is 12.2. The molecule has 0 N–H and O–H groups in total. The van der Waals surface area contributed by atoms with Crippen molar-refractivity contribution < 1.29 is 19.0 Å². The van der Waals surface area contributed by atoms with Crippen LogP contribution in [0.4, 0.5) is 0 Å². The normalized spacial score (nSPS) is 15.2. The Hall–Kier alpha value is -2.79. The van der Waals surface area contributed by atoms with E-state index < -0.39 is 5.97 Å². The maximum Gasteiger partial charge on any atom is 0.363 e. The molecule has 1 aliphatic heterocycles. The summed E-state index contributed by atoms with van der Waals surface area (Å²) in [4.78, 5) is 16.3. The summed E-state index contributed by atoms with van der Waals surface area (Å²) in [6.45, 7) is 0. The zero-order chi connectivity index (χ0) is 17.1. The summed E-state index contributed by atoms with van der Waals surface area (Å²) in [5.74, 6) is 0.928. The number of cyclic esters (lactones) is 1. The molecule has 0 amide bonds. The van der Waals surface area contributed by atoms with E-state index in [-0.39, 0.29) is 11.6 Å². The molecule has 1 aliphatic rings. The van der Waals surface area contributed by atoms with Gasteiger partial charge in [0.05, 0.1) is 14.2 Å². The Balaban J connectivity index is 1.92. The molecular weight excluding hydrogens is 330 g/mol. The minimum absolute atomic E-state index is 0.215. The average molecular weight is 344 g/mol. The summed E-state index contributed by atoms with van der Waals surface area (Å²) in [6.07, 6.45) is 1.63. The minimum atomic E-state index is -0.505. The summed E-state index contributed by atoms with van der Waals surface area (Å²) < 4.78 is 15.7. The maximum atomic E-state index is 12.0. The van der Waals surface area contributed by atoms with Crippen molar-refractivity contribution in [3.05, 3.63) is 64.3 Å². The van der Waals surface area contributed by atoms with Crippen LogP contribution >= 0.6 is 11.6 Å². The van der Waals surface area contributed by atoms with Gasteiger partial charge in [0.15, 0.2) is 17.2 Å². The van der Waals surface area contributed by atoms with Crippen molar-refractivity contribution in [2.45, 2.75) is 0 Å². The molecule has 3 rings (SSSR count). The number of halogens is 1. The van der Waals surface area contributed by atoms with Crippen molar-refractivity contribution in [2.75, 3.05) is 14.2 Å². The van der Waals surface area contributed by atoms with Crippen LogP contribution < -0.4 is 9.47 Å². The van der Waals surface area contributed by atoms with Gasteiger partial charge in [0, 0.05) is 10.6 Å². The van der Waals surface area contributed by atoms with E-state index >= 15 is 0 Å². The Bertz CT molecular complexity index is 841. The predicted molar refractivity (Wildman–Crippen MR) is 91.6 cm³/mol. The van der Waals surface area contributed by atoms with Gasteiger partial charge in [-0.25, -0.2) is 9.79 Å². The lowest BCUT2D eigenvalue weighted by Crippen LogP contribution is -2.05. The molecule has 0 radical (unpaired) electrons. The average Bonchev–Trinajstić information content (AvgIpc) is 2.96. The van der Waals surface area contributed by atoms with Crippen LogP contribution in [0, 0.1) is 0 Å². The topological polar surface area (TPSA) is 57.1 Å². The molecule has 0 saturated heterocycles. The molecule has 5 nitrogen and oxygen atoms in total. The van der Waals surface area contributed by atoms with Crippen molar-refractivity contribution in [1.82, 2.24) is 0 Å². The van der Waals surface area contributed by atoms with E-state index in [1.54, 1.807) is 62.8 Å². The van der Waals surface area contributed by atoms with Crippen molar-refractivity contribution in [3.8, 4) is 11.5 Å². The highest BCUT2D eigenvalue weighted by Crippen LogP contribution is 2.29. The Kier molecular flexibility index (Phi) is 4.53. The van der Waals surface area contributed by atoms with Gasteiger partial charge in [0.2, 0.25) is 5.90 Å². The number of aliphatic imine (C=N–C) groups is 1. The van der Waals surface area contributed by atoms with Crippen LogP contribution in [0.25, 0.3) is 6.08 Å². The second-order valence-corrected chi connectivity index (χ2v) is 5.39. The van der Waals surface area contributed by atoms with Crippen molar-refractivity contribution in [1.29, 1.82) is 0 Å². The first-order valence-electron chi connectivity index (χ1n) is 7.11. The zero-order valence-electron chi connectivity index (χ0n) is 13.1. The smallest absolute Gasteiger partial charge is 0.363 e. The summed E-state index contributed by atoms with van der Waals surface area (Å²) in [5, 5.41) is 0.602. The maximum absolute atomic E-state index is 12.0. The molecule has 6 heteroatoms. The molecule has 122 valence electrons. The van der Waals surface area contributed by atoms with Crippen LogP contribution in [-0.4, -0.2) is 26.1 Å². The molecule has 0 atom stereocenters. The van der Waals surface area contributed by atoms with Crippen LogP contribution in [-0.2, 0) is 9.53 Å². The number of nitrogens with zero attached hydrogens (tertiary/aromatic N) is 1. The van der Waals surface area contributed by atoms with E-state index in [0.717, 1.165) is 5.56 Å². The zero-order valence-corrected chi connectivity index (χ0v) is 13.8. The van der Waals surface area contributed by atoms with Gasteiger partial charge in [-0.2, -0.15) is 0 Å². The number of carbonyl (C=O) groups excluding carboxylic acids is 1. The van der Waals surface area contributed by atoms with Crippen molar-refractivity contribution in [2.24, 2.45) is 4.99 Å². The fraction of sp³-hybridized carbons (Fsp3) is 0.111. The van der Waals surface area contributed by atoms with Gasteiger partial charge >= 0.3 is 5.97 Å². The fourth-order valence-electron chi connectivity index (χ4n) is 2.23. The molecule has 0 spiro atoms. The number of hydrogen-bond donors (Lipinski definition) is 0. The molecule has 0 saturated carbocycles. The Morgan fingerprint density at radius 2 is 1.75 bits per heavy atom. The van der Waals surface area contributed by atoms with Crippen molar-refractivity contribution >= 4 is 29.5 Å². The number of rotatable bonds is 4. The molecular formula is C18H14ClNO4. The van der Waals surface area contributed by atoms with Crippen molar-refractivity contribution in [3.63, 3.8) is 0 Å². The molecule has 2 aromatic rings. The van der Waals surface area contributed by atoms with Crippen LogP contribution in [0.1, 0.15) is 11.1 Å². The first-order valence-corrected chi connectivity index (χ1v) is 7.49. The van der Waals surface area contributed by atoms with E-state index in [4.69, 9.17) is 25.8 Å². The second kappa shape index (κ2) is 6.76. The molecule has 1 heterocycles. The molecule has 0 unspecified atom stereocenters. The van der Waals surface area contributed by atoms with Gasteiger partial charge in [-0.05, 0) is 48.0 Å². The van der Waals surface area contributed by atoms with Gasteiger partial charge in [0.1, 0.15) is 0 Å². The molecule has 0 bridgehead atoms. The minimum Gasteiger partial charge on any atom is -0.493 e. The lowest BCUT2D eigenvalue weighted by atomic mass is 10.1. The molecule has 0 aliphatic carbocycles. The van der Waals surface area contributed by atoms with E-state index in [0.29, 0.717) is 22.1 Å². The van der Waals surface area contributed by atoms with Crippen LogP contribution in [0.2, 0.25) is 5.02 Å². The van der Waals surface area contributed by atoms with Gasteiger partial charge < -0.3 is 14.2 Å². The summed E-state index contributed by atoms with van der Waals surface area (Å²) >= 11 is 5.86. The number of benzene rings is 2. The van der Waals surface area contributed by atoms with Gasteiger partial charge in [-0.1, -0.05) is 17.7 Å². The summed E-state index contributed by atoms with van der Waals surface area (Å²) in [5.41, 5.74) is 1.65. The van der Waals surface area contributed by atoms with E-state index in [1.807, 2.05) is 0 Å². The number of methoxy groups -OCH3 is 2. The lowest BCUT2D eigenvalue weighted by molar-refractivity contribution is -0.129. The van der Waals surface area contributed by atoms with Crippen LogP contribution in [0.5, 0.6) is 11.5 Å². The van der Waals surface area contributed by atoms with Gasteiger partial charge in [-0.15, -0.1) is 0 Å². The second-order valence-electron chi connectivity index (χ2n) is 4.96. The molecule has 0 fully saturated rings. The van der Waals surface area contributed by atoms with Crippen LogP contribution in [0.15, 0.2) is 53.2 Å². The first kappa shape index (κ1) is 16.1. The molecule has 2 aromatic carbocycles. The Morgan fingerprint density at radius 3 is 2.42 bits per heavy atom. The molecule has 24 heavy (non-hydrogen) atoms. The largest absolute Gasteiger partial charge is 0.493 e. The third-order valence-electron chi connectivity index (χ3n) is 3.42. The monoisotopic (exact) mass is 343 g/mol. The van der Waals surface area contributed by atoms with E-state index in [2.05, 4.69) is 4.99 Å². The third-order valence-corrected chi connectivity index (χ3v) is 3.67. The summed E-state index contributed by atoms with van der Waals surface area (Å²) in [7, 11) is 3.11. The SMILES string of the molecule is COc1ccc(/C=C2\N=C(c3ccc(Cl)cc3)OC2=O)cc1OC. The number of carbonyl (C=O) groups is 1. The highest BCUT2D eigenvalue weighted by molar-refractivity contribution is 6.30. The third kappa shape index (κ3) is 3.26. The highest BCUT2D eigenvalue weighted by Gasteiger charge is 2.24. The number of ether oxygens (including phenoxy) is 3.